The Labute approximate surface area is 109 Å². The summed E-state index contributed by atoms with van der Waals surface area (Å²) in [6.45, 7) is 4.37. The van der Waals surface area contributed by atoms with Gasteiger partial charge in [0.1, 0.15) is 5.76 Å². The summed E-state index contributed by atoms with van der Waals surface area (Å²) in [4.78, 5) is 1.31. The van der Waals surface area contributed by atoms with Gasteiger partial charge in [-0.15, -0.1) is 11.8 Å². The number of furan rings is 1. The molecule has 3 unspecified atom stereocenters. The standard InChI is InChI=1S/C14H23NOS/c1-4-11-5-6-12(15-3)14(9-11)17-13-7-8-16-10(13)2/h7-8,11-12,14-15H,4-6,9H2,1-3H3. The molecule has 3 heteroatoms. The molecule has 3 atom stereocenters. The number of hydrogen-bond donors (Lipinski definition) is 1. The van der Waals surface area contributed by atoms with Crippen LogP contribution in [-0.2, 0) is 0 Å². The molecule has 0 spiro atoms. The van der Waals surface area contributed by atoms with Gasteiger partial charge in [-0.25, -0.2) is 0 Å². The maximum atomic E-state index is 5.39. The Balaban J connectivity index is 2.03. The maximum absolute atomic E-state index is 5.39. The lowest BCUT2D eigenvalue weighted by Crippen LogP contribution is -2.40. The van der Waals surface area contributed by atoms with E-state index in [4.69, 9.17) is 4.42 Å². The molecular formula is C14H23NOS. The lowest BCUT2D eigenvalue weighted by Gasteiger charge is -2.35. The minimum atomic E-state index is 0.650. The van der Waals surface area contributed by atoms with Crippen LogP contribution >= 0.6 is 11.8 Å². The van der Waals surface area contributed by atoms with Crippen LogP contribution in [0.4, 0.5) is 0 Å². The summed E-state index contributed by atoms with van der Waals surface area (Å²) in [5.41, 5.74) is 0. The Morgan fingerprint density at radius 2 is 2.29 bits per heavy atom. The molecule has 1 aromatic heterocycles. The minimum Gasteiger partial charge on any atom is -0.468 e. The lowest BCUT2D eigenvalue weighted by molar-refractivity contribution is 0.304. The number of hydrogen-bond acceptors (Lipinski definition) is 3. The predicted molar refractivity (Wildman–Crippen MR) is 73.6 cm³/mol. The van der Waals surface area contributed by atoms with E-state index < -0.39 is 0 Å². The molecule has 0 saturated heterocycles. The van der Waals surface area contributed by atoms with Gasteiger partial charge in [-0.3, -0.25) is 0 Å². The van der Waals surface area contributed by atoms with Gasteiger partial charge < -0.3 is 9.73 Å². The summed E-state index contributed by atoms with van der Waals surface area (Å²) in [5, 5.41) is 4.17. The van der Waals surface area contributed by atoms with Crippen LogP contribution in [0.1, 0.15) is 38.4 Å². The van der Waals surface area contributed by atoms with Crippen LogP contribution in [0.25, 0.3) is 0 Å². The molecule has 17 heavy (non-hydrogen) atoms. The molecule has 1 N–H and O–H groups in total. The number of aryl methyl sites for hydroxylation is 1. The van der Waals surface area contributed by atoms with Crippen molar-refractivity contribution in [2.24, 2.45) is 5.92 Å². The van der Waals surface area contributed by atoms with Gasteiger partial charge in [0.2, 0.25) is 0 Å². The average Bonchev–Trinajstić information content (AvgIpc) is 2.75. The van der Waals surface area contributed by atoms with E-state index in [1.165, 1.54) is 30.6 Å². The van der Waals surface area contributed by atoms with Crippen molar-refractivity contribution >= 4 is 11.8 Å². The van der Waals surface area contributed by atoms with Gasteiger partial charge in [-0.1, -0.05) is 13.3 Å². The van der Waals surface area contributed by atoms with E-state index in [0.29, 0.717) is 11.3 Å². The average molecular weight is 253 g/mol. The SMILES string of the molecule is CCC1CCC(NC)C(Sc2ccoc2C)C1. The monoisotopic (exact) mass is 253 g/mol. The molecule has 0 bridgehead atoms. The van der Waals surface area contributed by atoms with Crippen molar-refractivity contribution in [3.8, 4) is 0 Å². The zero-order chi connectivity index (χ0) is 12.3. The smallest absolute Gasteiger partial charge is 0.114 e. The molecule has 1 saturated carbocycles. The van der Waals surface area contributed by atoms with Gasteiger partial charge in [-0.2, -0.15) is 0 Å². The Morgan fingerprint density at radius 3 is 2.88 bits per heavy atom. The second-order valence-corrected chi connectivity index (χ2v) is 6.26. The summed E-state index contributed by atoms with van der Waals surface area (Å²) in [6.07, 6.45) is 7.13. The fourth-order valence-corrected chi connectivity index (χ4v) is 4.18. The Morgan fingerprint density at radius 1 is 1.47 bits per heavy atom. The highest BCUT2D eigenvalue weighted by Crippen LogP contribution is 2.38. The topological polar surface area (TPSA) is 25.2 Å². The van der Waals surface area contributed by atoms with Gasteiger partial charge in [-0.05, 0) is 45.2 Å². The van der Waals surface area contributed by atoms with Crippen molar-refractivity contribution in [2.45, 2.75) is 55.7 Å². The van der Waals surface area contributed by atoms with E-state index in [2.05, 4.69) is 32.3 Å². The first kappa shape index (κ1) is 13.0. The molecule has 2 nitrogen and oxygen atoms in total. The predicted octanol–water partition coefficient (Wildman–Crippen LogP) is 3.85. The van der Waals surface area contributed by atoms with Crippen LogP contribution < -0.4 is 5.32 Å². The first-order chi connectivity index (χ1) is 8.24. The van der Waals surface area contributed by atoms with E-state index in [1.807, 2.05) is 11.8 Å². The summed E-state index contributed by atoms with van der Waals surface area (Å²) in [6, 6.07) is 2.75. The molecule has 1 fully saturated rings. The largest absolute Gasteiger partial charge is 0.468 e. The Hall–Kier alpha value is -0.410. The zero-order valence-electron chi connectivity index (χ0n) is 11.0. The van der Waals surface area contributed by atoms with Gasteiger partial charge in [0.05, 0.1) is 6.26 Å². The van der Waals surface area contributed by atoms with E-state index in [-0.39, 0.29) is 0 Å². The lowest BCUT2D eigenvalue weighted by atomic mass is 9.84. The molecule has 1 aromatic rings. The zero-order valence-corrected chi connectivity index (χ0v) is 11.8. The summed E-state index contributed by atoms with van der Waals surface area (Å²) >= 11 is 1.99. The highest BCUT2D eigenvalue weighted by Gasteiger charge is 2.30. The third-order valence-electron chi connectivity index (χ3n) is 3.94. The number of nitrogens with one attached hydrogen (secondary N) is 1. The first-order valence-electron chi connectivity index (χ1n) is 6.62. The van der Waals surface area contributed by atoms with Crippen molar-refractivity contribution in [3.05, 3.63) is 18.1 Å². The molecule has 1 aliphatic carbocycles. The third-order valence-corrected chi connectivity index (χ3v) is 5.44. The van der Waals surface area contributed by atoms with E-state index in [0.717, 1.165) is 11.7 Å². The van der Waals surface area contributed by atoms with E-state index in [9.17, 15) is 0 Å². The normalized spacial score (nSPS) is 29.5. The van der Waals surface area contributed by atoms with Crippen LogP contribution in [0.3, 0.4) is 0 Å². The number of rotatable bonds is 4. The molecule has 0 aromatic carbocycles. The van der Waals surface area contributed by atoms with Gasteiger partial charge >= 0.3 is 0 Å². The van der Waals surface area contributed by atoms with Gasteiger partial charge in [0, 0.05) is 16.2 Å². The molecule has 0 amide bonds. The highest BCUT2D eigenvalue weighted by molar-refractivity contribution is 8.00. The maximum Gasteiger partial charge on any atom is 0.114 e. The first-order valence-corrected chi connectivity index (χ1v) is 7.50. The van der Waals surface area contributed by atoms with Crippen LogP contribution in [-0.4, -0.2) is 18.3 Å². The quantitative estimate of drug-likeness (QED) is 0.882. The van der Waals surface area contributed by atoms with Crippen molar-refractivity contribution in [1.29, 1.82) is 0 Å². The third kappa shape index (κ3) is 3.08. The van der Waals surface area contributed by atoms with E-state index in [1.54, 1.807) is 6.26 Å². The van der Waals surface area contributed by atoms with Crippen molar-refractivity contribution in [1.82, 2.24) is 5.32 Å². The van der Waals surface area contributed by atoms with Crippen LogP contribution in [0.2, 0.25) is 0 Å². The molecular weight excluding hydrogens is 230 g/mol. The van der Waals surface area contributed by atoms with E-state index >= 15 is 0 Å². The molecule has 1 aliphatic rings. The minimum absolute atomic E-state index is 0.650. The van der Waals surface area contributed by atoms with Gasteiger partial charge in [0.25, 0.3) is 0 Å². The molecule has 96 valence electrons. The summed E-state index contributed by atoms with van der Waals surface area (Å²) in [5.74, 6) is 1.97. The summed E-state index contributed by atoms with van der Waals surface area (Å²) < 4.78 is 5.39. The Bertz CT molecular complexity index is 350. The van der Waals surface area contributed by atoms with Crippen LogP contribution in [0.5, 0.6) is 0 Å². The highest BCUT2D eigenvalue weighted by atomic mass is 32.2. The van der Waals surface area contributed by atoms with Crippen molar-refractivity contribution in [2.75, 3.05) is 7.05 Å². The van der Waals surface area contributed by atoms with Crippen LogP contribution in [0.15, 0.2) is 21.6 Å². The second-order valence-electron chi connectivity index (χ2n) is 4.98. The Kier molecular flexibility index (Phi) is 4.57. The molecule has 0 aliphatic heterocycles. The molecule has 2 rings (SSSR count). The second kappa shape index (κ2) is 5.96. The molecule has 0 radical (unpaired) electrons. The summed E-state index contributed by atoms with van der Waals surface area (Å²) in [7, 11) is 2.09. The fraction of sp³-hybridized carbons (Fsp3) is 0.714. The van der Waals surface area contributed by atoms with Crippen molar-refractivity contribution < 1.29 is 4.42 Å². The van der Waals surface area contributed by atoms with Crippen LogP contribution in [0, 0.1) is 12.8 Å². The van der Waals surface area contributed by atoms with Crippen molar-refractivity contribution in [3.63, 3.8) is 0 Å². The van der Waals surface area contributed by atoms with Gasteiger partial charge in [0.15, 0.2) is 0 Å². The number of thioether (sulfide) groups is 1. The molecule has 1 heterocycles. The fourth-order valence-electron chi connectivity index (χ4n) is 2.70.